The third kappa shape index (κ3) is 4.87. The van der Waals surface area contributed by atoms with E-state index < -0.39 is 5.41 Å². The Hall–Kier alpha value is -6.45. The highest BCUT2D eigenvalue weighted by atomic mass is 15.0. The predicted octanol–water partition coefficient (Wildman–Crippen LogP) is 10.9. The summed E-state index contributed by atoms with van der Waals surface area (Å²) in [5.41, 5.74) is 12.1. The van der Waals surface area contributed by atoms with Crippen LogP contribution < -0.4 is 0 Å². The van der Waals surface area contributed by atoms with E-state index in [1.165, 1.54) is 38.9 Å². The van der Waals surface area contributed by atoms with E-state index >= 15 is 0 Å². The van der Waals surface area contributed by atoms with Gasteiger partial charge in [-0.15, -0.1) is 0 Å². The Balaban J connectivity index is 1.25. The molecule has 0 amide bonds. The third-order valence-electron chi connectivity index (χ3n) is 9.63. The van der Waals surface area contributed by atoms with Crippen LogP contribution >= 0.6 is 0 Å². The number of benzene rings is 7. The van der Waals surface area contributed by atoms with Crippen molar-refractivity contribution in [3.8, 4) is 56.4 Å². The van der Waals surface area contributed by atoms with Gasteiger partial charge in [-0.3, -0.25) is 0 Å². The van der Waals surface area contributed by atoms with Crippen LogP contribution in [0.5, 0.6) is 0 Å². The summed E-state index contributed by atoms with van der Waals surface area (Å²) in [5, 5.41) is 0. The van der Waals surface area contributed by atoms with Crippen LogP contribution in [0.25, 0.3) is 56.4 Å². The monoisotopic (exact) mass is 625 g/mol. The molecule has 0 saturated carbocycles. The maximum Gasteiger partial charge on any atom is 0.164 e. The first-order chi connectivity index (χ1) is 24.3. The fraction of sp³-hybridized carbons (Fsp3) is 0.0217. The molecule has 0 fully saturated rings. The summed E-state index contributed by atoms with van der Waals surface area (Å²) in [6, 6.07) is 66.3. The van der Waals surface area contributed by atoms with Gasteiger partial charge in [0.15, 0.2) is 17.5 Å². The molecule has 230 valence electrons. The van der Waals surface area contributed by atoms with E-state index in [1.807, 2.05) is 24.3 Å². The van der Waals surface area contributed by atoms with Gasteiger partial charge in [0.1, 0.15) is 0 Å². The van der Waals surface area contributed by atoms with E-state index in [0.717, 1.165) is 22.3 Å². The molecule has 1 heterocycles. The molecule has 1 aliphatic carbocycles. The van der Waals surface area contributed by atoms with Gasteiger partial charge < -0.3 is 0 Å². The van der Waals surface area contributed by atoms with Crippen LogP contribution in [0.15, 0.2) is 188 Å². The van der Waals surface area contributed by atoms with Gasteiger partial charge in [-0.1, -0.05) is 182 Å². The Morgan fingerprint density at radius 3 is 1.27 bits per heavy atom. The van der Waals surface area contributed by atoms with Crippen molar-refractivity contribution >= 4 is 0 Å². The highest BCUT2D eigenvalue weighted by Crippen LogP contribution is 2.56. The zero-order chi connectivity index (χ0) is 32.6. The summed E-state index contributed by atoms with van der Waals surface area (Å²) < 4.78 is 0. The summed E-state index contributed by atoms with van der Waals surface area (Å²) in [6.07, 6.45) is 0. The SMILES string of the molecule is c1ccc(-c2ccc(-c3nc(-c4ccccc4)nc(-c4ccc5c(c4)C(c4ccccc4)(c4ccccc4)c4ccccc4-5)n3)cc2)cc1. The van der Waals surface area contributed by atoms with Gasteiger partial charge in [0.2, 0.25) is 0 Å². The van der Waals surface area contributed by atoms with E-state index in [1.54, 1.807) is 0 Å². The van der Waals surface area contributed by atoms with Gasteiger partial charge >= 0.3 is 0 Å². The third-order valence-corrected chi connectivity index (χ3v) is 9.63. The van der Waals surface area contributed by atoms with E-state index in [4.69, 9.17) is 15.0 Å². The van der Waals surface area contributed by atoms with E-state index in [0.29, 0.717) is 17.5 Å². The lowest BCUT2D eigenvalue weighted by Gasteiger charge is -2.34. The molecule has 0 N–H and O–H groups in total. The minimum Gasteiger partial charge on any atom is -0.208 e. The first-order valence-corrected chi connectivity index (χ1v) is 16.6. The summed E-state index contributed by atoms with van der Waals surface area (Å²) in [4.78, 5) is 15.3. The molecule has 49 heavy (non-hydrogen) atoms. The molecule has 3 heteroatoms. The molecule has 8 aromatic rings. The second-order valence-electron chi connectivity index (χ2n) is 12.4. The topological polar surface area (TPSA) is 38.7 Å². The molecule has 1 aromatic heterocycles. The van der Waals surface area contributed by atoms with E-state index in [9.17, 15) is 0 Å². The molecule has 0 aliphatic heterocycles. The summed E-state index contributed by atoms with van der Waals surface area (Å²) in [7, 11) is 0. The zero-order valence-corrected chi connectivity index (χ0v) is 26.7. The number of nitrogens with zero attached hydrogens (tertiary/aromatic N) is 3. The Labute approximate surface area is 286 Å². The fourth-order valence-electron chi connectivity index (χ4n) is 7.38. The average Bonchev–Trinajstić information content (AvgIpc) is 3.49. The Morgan fingerprint density at radius 2 is 0.673 bits per heavy atom. The second kappa shape index (κ2) is 12.0. The zero-order valence-electron chi connectivity index (χ0n) is 26.7. The lowest BCUT2D eigenvalue weighted by Crippen LogP contribution is -2.28. The van der Waals surface area contributed by atoms with Crippen LogP contribution in [0.4, 0.5) is 0 Å². The fourth-order valence-corrected chi connectivity index (χ4v) is 7.38. The van der Waals surface area contributed by atoms with Crippen molar-refractivity contribution in [3.63, 3.8) is 0 Å². The maximum atomic E-state index is 5.15. The van der Waals surface area contributed by atoms with Crippen molar-refractivity contribution in [2.75, 3.05) is 0 Å². The minimum atomic E-state index is -0.504. The van der Waals surface area contributed by atoms with Crippen LogP contribution in [-0.2, 0) is 5.41 Å². The Kier molecular flexibility index (Phi) is 7.02. The van der Waals surface area contributed by atoms with Crippen molar-refractivity contribution in [2.24, 2.45) is 0 Å². The van der Waals surface area contributed by atoms with E-state index in [2.05, 4.69) is 164 Å². The molecule has 7 aromatic carbocycles. The molecule has 1 aliphatic rings. The molecule has 0 bridgehead atoms. The maximum absolute atomic E-state index is 5.15. The molecule has 0 unspecified atom stereocenters. The smallest absolute Gasteiger partial charge is 0.164 e. The summed E-state index contributed by atoms with van der Waals surface area (Å²) in [5.74, 6) is 1.93. The quantitative estimate of drug-likeness (QED) is 0.185. The van der Waals surface area contributed by atoms with Gasteiger partial charge in [0.05, 0.1) is 5.41 Å². The standard InChI is InChI=1S/C46H31N3/c1-5-15-32(16-6-1)33-25-27-35(28-26-33)44-47-43(34-17-7-2-8-18-34)48-45(49-44)36-29-30-40-39-23-13-14-24-41(39)46(42(40)31-36,37-19-9-3-10-20-37)38-21-11-4-12-22-38/h1-31H. The van der Waals surface area contributed by atoms with Crippen LogP contribution in [0.3, 0.4) is 0 Å². The molecular formula is C46H31N3. The van der Waals surface area contributed by atoms with Crippen LogP contribution in [0, 0.1) is 0 Å². The van der Waals surface area contributed by atoms with Gasteiger partial charge in [0, 0.05) is 16.7 Å². The van der Waals surface area contributed by atoms with Crippen molar-refractivity contribution in [1.82, 2.24) is 15.0 Å². The number of hydrogen-bond acceptors (Lipinski definition) is 3. The molecular weight excluding hydrogens is 595 g/mol. The number of hydrogen-bond donors (Lipinski definition) is 0. The molecule has 0 saturated heterocycles. The molecule has 0 radical (unpaired) electrons. The lowest BCUT2D eigenvalue weighted by molar-refractivity contribution is 0.768. The molecule has 0 atom stereocenters. The van der Waals surface area contributed by atoms with Crippen LogP contribution in [0.1, 0.15) is 22.3 Å². The molecule has 3 nitrogen and oxygen atoms in total. The summed E-state index contributed by atoms with van der Waals surface area (Å²) in [6.45, 7) is 0. The summed E-state index contributed by atoms with van der Waals surface area (Å²) >= 11 is 0. The van der Waals surface area contributed by atoms with Crippen molar-refractivity contribution in [3.05, 3.63) is 210 Å². The van der Waals surface area contributed by atoms with Crippen molar-refractivity contribution < 1.29 is 0 Å². The highest BCUT2D eigenvalue weighted by molar-refractivity contribution is 5.88. The normalized spacial score (nSPS) is 12.7. The minimum absolute atomic E-state index is 0.504. The average molecular weight is 626 g/mol. The largest absolute Gasteiger partial charge is 0.208 e. The second-order valence-corrected chi connectivity index (χ2v) is 12.4. The van der Waals surface area contributed by atoms with E-state index in [-0.39, 0.29) is 0 Å². The van der Waals surface area contributed by atoms with Crippen molar-refractivity contribution in [1.29, 1.82) is 0 Å². The predicted molar refractivity (Wildman–Crippen MR) is 199 cm³/mol. The number of aromatic nitrogens is 3. The first kappa shape index (κ1) is 28.7. The highest BCUT2D eigenvalue weighted by Gasteiger charge is 2.46. The Morgan fingerprint density at radius 1 is 0.286 bits per heavy atom. The molecule has 0 spiro atoms. The van der Waals surface area contributed by atoms with Gasteiger partial charge in [-0.05, 0) is 50.6 Å². The van der Waals surface area contributed by atoms with Crippen molar-refractivity contribution in [2.45, 2.75) is 5.41 Å². The van der Waals surface area contributed by atoms with Crippen LogP contribution in [-0.4, -0.2) is 15.0 Å². The molecule has 9 rings (SSSR count). The first-order valence-electron chi connectivity index (χ1n) is 16.6. The number of fused-ring (bicyclic) bond motifs is 3. The number of rotatable bonds is 6. The van der Waals surface area contributed by atoms with Gasteiger partial charge in [-0.25, -0.2) is 15.0 Å². The van der Waals surface area contributed by atoms with Gasteiger partial charge in [-0.2, -0.15) is 0 Å². The Bertz CT molecular complexity index is 2370. The van der Waals surface area contributed by atoms with Gasteiger partial charge in [0.25, 0.3) is 0 Å². The van der Waals surface area contributed by atoms with Crippen LogP contribution in [0.2, 0.25) is 0 Å². The lowest BCUT2D eigenvalue weighted by atomic mass is 9.67.